The Hall–Kier alpha value is -3.13. The van der Waals surface area contributed by atoms with Gasteiger partial charge in [-0.3, -0.25) is 0 Å². The number of halogens is 1. The van der Waals surface area contributed by atoms with Gasteiger partial charge in [-0.25, -0.2) is 14.4 Å². The van der Waals surface area contributed by atoms with Crippen LogP contribution in [-0.2, 0) is 0 Å². The van der Waals surface area contributed by atoms with E-state index in [-0.39, 0.29) is 11.8 Å². The van der Waals surface area contributed by atoms with Crippen molar-refractivity contribution in [3.05, 3.63) is 54.5 Å². The first kappa shape index (κ1) is 17.9. The lowest BCUT2D eigenvalue weighted by molar-refractivity contribution is 0.179. The van der Waals surface area contributed by atoms with Crippen molar-refractivity contribution in [2.45, 2.75) is 43.9 Å². The smallest absolute Gasteiger partial charge is 0.174 e. The summed E-state index contributed by atoms with van der Waals surface area (Å²) < 4.78 is 16.5. The van der Waals surface area contributed by atoms with E-state index in [4.69, 9.17) is 0 Å². The average Bonchev–Trinajstić information content (AvgIpc) is 3.28. The first-order valence-corrected chi connectivity index (χ1v) is 9.79. The molecule has 2 saturated heterocycles. The zero-order valence-electron chi connectivity index (χ0n) is 15.7. The van der Waals surface area contributed by atoms with Crippen molar-refractivity contribution in [2.24, 2.45) is 0 Å². The van der Waals surface area contributed by atoms with E-state index in [9.17, 15) is 9.50 Å². The lowest BCUT2D eigenvalue weighted by atomic mass is 9.82. The van der Waals surface area contributed by atoms with Crippen molar-refractivity contribution in [3.63, 3.8) is 0 Å². The number of benzene rings is 1. The second-order valence-corrected chi connectivity index (χ2v) is 7.60. The summed E-state index contributed by atoms with van der Waals surface area (Å²) in [5.74, 6) is 0.467. The van der Waals surface area contributed by atoms with Crippen LogP contribution in [0.15, 0.2) is 48.7 Å². The summed E-state index contributed by atoms with van der Waals surface area (Å²) in [5, 5.41) is 22.1. The molecule has 5 rings (SSSR count). The molecule has 2 fully saturated rings. The highest BCUT2D eigenvalue weighted by Crippen LogP contribution is 2.33. The average molecular weight is 392 g/mol. The predicted octanol–water partition coefficient (Wildman–Crippen LogP) is 3.07. The molecule has 2 aliphatic rings. The van der Waals surface area contributed by atoms with E-state index in [2.05, 4.69) is 25.5 Å². The summed E-state index contributed by atoms with van der Waals surface area (Å²) in [4.78, 5) is 8.33. The maximum absolute atomic E-state index is 14.7. The van der Waals surface area contributed by atoms with E-state index in [0.717, 1.165) is 30.5 Å². The number of hydrogen-bond acceptors (Lipinski definition) is 6. The fourth-order valence-corrected chi connectivity index (χ4v) is 4.19. The van der Waals surface area contributed by atoms with Gasteiger partial charge in [0.2, 0.25) is 0 Å². The molecule has 2 unspecified atom stereocenters. The van der Waals surface area contributed by atoms with E-state index in [1.807, 2.05) is 6.07 Å². The van der Waals surface area contributed by atoms with Crippen molar-refractivity contribution in [1.29, 1.82) is 0 Å². The fourth-order valence-electron chi connectivity index (χ4n) is 4.19. The van der Waals surface area contributed by atoms with Crippen LogP contribution in [-0.4, -0.2) is 48.1 Å². The summed E-state index contributed by atoms with van der Waals surface area (Å²) in [5.41, 5.74) is 2.52. The second kappa shape index (κ2) is 7.36. The third-order valence-corrected chi connectivity index (χ3v) is 5.66. The second-order valence-electron chi connectivity index (χ2n) is 7.60. The molecule has 2 aliphatic heterocycles. The van der Waals surface area contributed by atoms with Gasteiger partial charge in [0.15, 0.2) is 5.82 Å². The predicted molar refractivity (Wildman–Crippen MR) is 106 cm³/mol. The fraction of sp³-hybridized carbons (Fsp3) is 0.333. The summed E-state index contributed by atoms with van der Waals surface area (Å²) in [6.07, 6.45) is 11.1. The molecular formula is C21H21FN6O. The molecule has 8 heteroatoms. The molecule has 4 heterocycles. The Morgan fingerprint density at radius 3 is 2.93 bits per heavy atom. The number of phenols is 1. The zero-order valence-corrected chi connectivity index (χ0v) is 15.7. The molecule has 0 aliphatic carbocycles. The highest BCUT2D eigenvalue weighted by atomic mass is 19.1. The van der Waals surface area contributed by atoms with Gasteiger partial charge in [-0.05, 0) is 43.0 Å². The molecule has 2 aromatic heterocycles. The van der Waals surface area contributed by atoms with Gasteiger partial charge < -0.3 is 15.0 Å². The molecule has 3 aromatic rings. The topological polar surface area (TPSA) is 88.8 Å². The Balaban J connectivity index is 1.38. The molecule has 7 nitrogen and oxygen atoms in total. The highest BCUT2D eigenvalue weighted by Gasteiger charge is 2.36. The van der Waals surface area contributed by atoms with Crippen LogP contribution in [0.1, 0.15) is 31.5 Å². The molecule has 0 radical (unpaired) electrons. The number of alkyl halides is 1. The molecule has 3 atom stereocenters. The van der Waals surface area contributed by atoms with Crippen molar-refractivity contribution in [3.8, 4) is 22.7 Å². The van der Waals surface area contributed by atoms with E-state index < -0.39 is 6.17 Å². The Kier molecular flexibility index (Phi) is 4.55. The minimum atomic E-state index is -1.01. The van der Waals surface area contributed by atoms with Crippen molar-refractivity contribution < 1.29 is 9.50 Å². The summed E-state index contributed by atoms with van der Waals surface area (Å²) >= 11 is 0. The van der Waals surface area contributed by atoms with E-state index >= 15 is 0 Å². The molecular weight excluding hydrogens is 371 g/mol. The van der Waals surface area contributed by atoms with Gasteiger partial charge in [-0.15, -0.1) is 10.2 Å². The summed E-state index contributed by atoms with van der Waals surface area (Å²) in [6, 6.07) is 5.49. The summed E-state index contributed by atoms with van der Waals surface area (Å²) in [6.45, 7) is 0. The number of rotatable bonds is 3. The number of aromatic nitrogens is 5. The Labute approximate surface area is 167 Å². The van der Waals surface area contributed by atoms with Crippen molar-refractivity contribution in [1.82, 2.24) is 30.0 Å². The minimum absolute atomic E-state index is 0.0772. The Bertz CT molecular complexity index is 1030. The quantitative estimate of drug-likeness (QED) is 0.712. The molecule has 1 aromatic carbocycles. The number of hydrogen-bond donors (Lipinski definition) is 2. The first-order valence-electron chi connectivity index (χ1n) is 9.79. The number of aromatic hydroxyl groups is 1. The van der Waals surface area contributed by atoms with Crippen LogP contribution >= 0.6 is 0 Å². The number of phenolic OH excluding ortho intramolecular Hbond substituents is 1. The van der Waals surface area contributed by atoms with Crippen LogP contribution in [0.25, 0.3) is 23.0 Å². The van der Waals surface area contributed by atoms with Crippen LogP contribution in [0.3, 0.4) is 0 Å². The van der Waals surface area contributed by atoms with Gasteiger partial charge >= 0.3 is 0 Å². The third-order valence-electron chi connectivity index (χ3n) is 5.66. The van der Waals surface area contributed by atoms with Gasteiger partial charge in [-0.1, -0.05) is 6.42 Å². The number of nitrogens with one attached hydrogen (secondary N) is 1. The zero-order chi connectivity index (χ0) is 19.8. The summed E-state index contributed by atoms with van der Waals surface area (Å²) in [7, 11) is 0. The van der Waals surface area contributed by atoms with Crippen LogP contribution < -0.4 is 5.32 Å². The number of fused-ring (bicyclic) bond motifs is 2. The maximum atomic E-state index is 14.7. The molecule has 0 amide bonds. The molecule has 148 valence electrons. The number of piperidine rings is 2. The largest absolute Gasteiger partial charge is 0.507 e. The van der Waals surface area contributed by atoms with Crippen LogP contribution in [0.4, 0.5) is 4.39 Å². The highest BCUT2D eigenvalue weighted by molar-refractivity contribution is 5.68. The maximum Gasteiger partial charge on any atom is 0.174 e. The molecule has 0 saturated carbocycles. The Morgan fingerprint density at radius 2 is 2.17 bits per heavy atom. The SMILES string of the molecule is Oc1cc(-n2ccnc2)ccc1-c1cnc(/C=C2\CC3CCCC(N3)[C@@H]2F)nn1. The van der Waals surface area contributed by atoms with Crippen molar-refractivity contribution in [2.75, 3.05) is 0 Å². The van der Waals surface area contributed by atoms with Gasteiger partial charge in [-0.2, -0.15) is 0 Å². The van der Waals surface area contributed by atoms with Gasteiger partial charge in [0.1, 0.15) is 17.6 Å². The van der Waals surface area contributed by atoms with E-state index in [0.29, 0.717) is 29.5 Å². The van der Waals surface area contributed by atoms with E-state index in [1.165, 1.54) is 0 Å². The van der Waals surface area contributed by atoms with Crippen molar-refractivity contribution >= 4 is 6.08 Å². The minimum Gasteiger partial charge on any atom is -0.507 e. The Morgan fingerprint density at radius 1 is 1.24 bits per heavy atom. The monoisotopic (exact) mass is 392 g/mol. The van der Waals surface area contributed by atoms with Gasteiger partial charge in [0.05, 0.1) is 18.2 Å². The molecule has 29 heavy (non-hydrogen) atoms. The molecule has 2 N–H and O–H groups in total. The number of imidazole rings is 1. The standard InChI is InChI=1S/C21H21FN6O/c22-21-13(8-14-2-1-3-17(21)25-14)9-20-24-11-18(26-27-20)16-5-4-15(10-19(16)29)28-7-6-23-12-28/h4-7,9-12,14,17,21,25,29H,1-3,8H2/b13-9+/t14?,17?,21-/m1/s1. The molecule has 2 bridgehead atoms. The first-order chi connectivity index (χ1) is 14.2. The van der Waals surface area contributed by atoms with Crippen LogP contribution in [0, 0.1) is 0 Å². The van der Waals surface area contributed by atoms with Gasteiger partial charge in [0, 0.05) is 36.1 Å². The lowest BCUT2D eigenvalue weighted by Crippen LogP contribution is -2.52. The number of nitrogens with zero attached hydrogens (tertiary/aromatic N) is 5. The van der Waals surface area contributed by atoms with Crippen LogP contribution in [0.2, 0.25) is 0 Å². The van der Waals surface area contributed by atoms with Gasteiger partial charge in [0.25, 0.3) is 0 Å². The molecule has 0 spiro atoms. The van der Waals surface area contributed by atoms with Crippen LogP contribution in [0.5, 0.6) is 5.75 Å². The third kappa shape index (κ3) is 3.51. The van der Waals surface area contributed by atoms with E-state index in [1.54, 1.807) is 47.7 Å². The lowest BCUT2D eigenvalue weighted by Gasteiger charge is -2.39. The normalized spacial score (nSPS) is 25.3.